The third-order valence-corrected chi connectivity index (χ3v) is 4.67. The highest BCUT2D eigenvalue weighted by atomic mass is 19.1. The highest BCUT2D eigenvalue weighted by Crippen LogP contribution is 2.40. The van der Waals surface area contributed by atoms with Gasteiger partial charge in [0.1, 0.15) is 11.4 Å². The van der Waals surface area contributed by atoms with Gasteiger partial charge < -0.3 is 14.2 Å². The summed E-state index contributed by atoms with van der Waals surface area (Å²) >= 11 is 0. The van der Waals surface area contributed by atoms with E-state index in [1.165, 1.54) is 13.2 Å². The van der Waals surface area contributed by atoms with E-state index in [0.29, 0.717) is 31.4 Å². The Balaban J connectivity index is 1.99. The molecule has 0 unspecified atom stereocenters. The molecule has 0 spiro atoms. The van der Waals surface area contributed by atoms with Crippen molar-refractivity contribution in [2.75, 3.05) is 7.11 Å². The Bertz CT molecular complexity index is 625. The van der Waals surface area contributed by atoms with E-state index in [1.807, 2.05) is 34.6 Å². The number of ether oxygens (including phenoxy) is 3. The number of methoxy groups -OCH3 is 1. The second-order valence-corrected chi connectivity index (χ2v) is 8.13. The number of benzene rings is 1. The van der Waals surface area contributed by atoms with E-state index in [0.717, 1.165) is 5.56 Å². The Labute approximate surface area is 149 Å². The summed E-state index contributed by atoms with van der Waals surface area (Å²) in [7, 11) is 1.51. The lowest BCUT2D eigenvalue weighted by Gasteiger charge is -2.37. The molecular formula is C20H29FO4. The molecule has 1 aliphatic rings. The van der Waals surface area contributed by atoms with Gasteiger partial charge in [0.2, 0.25) is 0 Å². The van der Waals surface area contributed by atoms with Crippen molar-refractivity contribution in [3.8, 4) is 11.5 Å². The Morgan fingerprint density at radius 1 is 1.20 bits per heavy atom. The molecule has 1 aromatic rings. The molecule has 0 atom stereocenters. The first-order valence-corrected chi connectivity index (χ1v) is 8.78. The molecule has 2 rings (SSSR count). The molecule has 1 saturated carbocycles. The maximum Gasteiger partial charge on any atom is 0.312 e. The zero-order valence-corrected chi connectivity index (χ0v) is 16.1. The molecule has 1 aliphatic carbocycles. The van der Waals surface area contributed by atoms with Crippen LogP contribution in [0.15, 0.2) is 12.1 Å². The topological polar surface area (TPSA) is 44.8 Å². The van der Waals surface area contributed by atoms with Crippen molar-refractivity contribution < 1.29 is 23.4 Å². The van der Waals surface area contributed by atoms with Crippen molar-refractivity contribution in [3.05, 3.63) is 23.5 Å². The maximum absolute atomic E-state index is 14.2. The highest BCUT2D eigenvalue weighted by molar-refractivity contribution is 5.76. The zero-order valence-electron chi connectivity index (χ0n) is 16.1. The lowest BCUT2D eigenvalue weighted by molar-refractivity contribution is -0.169. The third kappa shape index (κ3) is 4.86. The van der Waals surface area contributed by atoms with E-state index in [4.69, 9.17) is 14.2 Å². The lowest BCUT2D eigenvalue weighted by atomic mass is 9.74. The molecule has 0 amide bonds. The number of aryl methyl sites for hydroxylation is 1. The summed E-state index contributed by atoms with van der Waals surface area (Å²) in [6.45, 7) is 9.41. The number of halogens is 1. The van der Waals surface area contributed by atoms with Crippen molar-refractivity contribution in [2.24, 2.45) is 5.41 Å². The molecule has 0 N–H and O–H groups in total. The minimum absolute atomic E-state index is 0.0993. The van der Waals surface area contributed by atoms with Crippen LogP contribution in [0.3, 0.4) is 0 Å². The largest absolute Gasteiger partial charge is 0.496 e. The van der Waals surface area contributed by atoms with E-state index in [9.17, 15) is 9.18 Å². The van der Waals surface area contributed by atoms with E-state index in [-0.39, 0.29) is 17.8 Å². The second kappa shape index (κ2) is 7.22. The molecule has 4 nitrogen and oxygen atoms in total. The molecular weight excluding hydrogens is 323 g/mol. The summed E-state index contributed by atoms with van der Waals surface area (Å²) in [5, 5.41) is 0. The van der Waals surface area contributed by atoms with Gasteiger partial charge in [-0.25, -0.2) is 4.39 Å². The first-order chi connectivity index (χ1) is 11.5. The fourth-order valence-electron chi connectivity index (χ4n) is 3.08. The van der Waals surface area contributed by atoms with E-state index in [2.05, 4.69) is 0 Å². The van der Waals surface area contributed by atoms with E-state index < -0.39 is 16.8 Å². The molecule has 1 fully saturated rings. The van der Waals surface area contributed by atoms with Crippen LogP contribution in [0.1, 0.15) is 58.9 Å². The van der Waals surface area contributed by atoms with E-state index in [1.54, 1.807) is 6.07 Å². The zero-order chi connectivity index (χ0) is 18.8. The summed E-state index contributed by atoms with van der Waals surface area (Å²) < 4.78 is 30.7. The average molecular weight is 352 g/mol. The summed E-state index contributed by atoms with van der Waals surface area (Å²) in [6, 6.07) is 3.01. The number of hydrogen-bond donors (Lipinski definition) is 0. The van der Waals surface area contributed by atoms with Crippen LogP contribution in [0.2, 0.25) is 0 Å². The van der Waals surface area contributed by atoms with Crippen LogP contribution in [0, 0.1) is 18.2 Å². The fourth-order valence-corrected chi connectivity index (χ4v) is 3.08. The summed E-state index contributed by atoms with van der Waals surface area (Å²) in [4.78, 5) is 12.4. The Morgan fingerprint density at radius 2 is 1.80 bits per heavy atom. The van der Waals surface area contributed by atoms with Gasteiger partial charge in [0, 0.05) is 6.07 Å². The number of esters is 1. The predicted molar refractivity (Wildman–Crippen MR) is 94.5 cm³/mol. The van der Waals surface area contributed by atoms with Gasteiger partial charge in [-0.2, -0.15) is 0 Å². The number of carbonyl (C=O) groups excluding carboxylic acids is 1. The molecule has 0 aromatic heterocycles. The predicted octanol–water partition coefficient (Wildman–Crippen LogP) is 4.81. The number of hydrogen-bond acceptors (Lipinski definition) is 4. The van der Waals surface area contributed by atoms with Crippen LogP contribution < -0.4 is 9.47 Å². The van der Waals surface area contributed by atoms with Crippen LogP contribution >= 0.6 is 0 Å². The first kappa shape index (κ1) is 19.5. The van der Waals surface area contributed by atoms with Gasteiger partial charge in [0.05, 0.1) is 18.6 Å². The monoisotopic (exact) mass is 352 g/mol. The molecule has 1 aromatic carbocycles. The minimum Gasteiger partial charge on any atom is -0.496 e. The Kier molecular flexibility index (Phi) is 5.65. The highest BCUT2D eigenvalue weighted by Gasteiger charge is 2.41. The van der Waals surface area contributed by atoms with Gasteiger partial charge in [-0.15, -0.1) is 0 Å². The fraction of sp³-hybridized carbons (Fsp3) is 0.650. The molecule has 140 valence electrons. The standard InChI is InChI=1S/C20H29FO4/c1-13-11-17(15(21)12-16(13)23-6)24-14-7-9-20(5,10-8-14)18(22)25-19(2,3)4/h11-12,14H,7-10H2,1-6H3. The SMILES string of the molecule is COc1cc(F)c(OC2CCC(C)(C(=O)OC(C)(C)C)CC2)cc1C. The van der Waals surface area contributed by atoms with Crippen LogP contribution in [-0.4, -0.2) is 24.8 Å². The van der Waals surface area contributed by atoms with Crippen molar-refractivity contribution >= 4 is 5.97 Å². The lowest BCUT2D eigenvalue weighted by Crippen LogP contribution is -2.40. The molecule has 0 heterocycles. The summed E-state index contributed by atoms with van der Waals surface area (Å²) in [5.41, 5.74) is -0.160. The molecule has 0 saturated heterocycles. The number of carbonyl (C=O) groups is 1. The van der Waals surface area contributed by atoms with E-state index >= 15 is 0 Å². The third-order valence-electron chi connectivity index (χ3n) is 4.67. The van der Waals surface area contributed by atoms with Crippen molar-refractivity contribution in [1.82, 2.24) is 0 Å². The van der Waals surface area contributed by atoms with Gasteiger partial charge >= 0.3 is 5.97 Å². The van der Waals surface area contributed by atoms with Crippen molar-refractivity contribution in [3.63, 3.8) is 0 Å². The van der Waals surface area contributed by atoms with Crippen molar-refractivity contribution in [1.29, 1.82) is 0 Å². The first-order valence-electron chi connectivity index (χ1n) is 8.78. The molecule has 0 aliphatic heterocycles. The number of rotatable bonds is 4. The Hall–Kier alpha value is -1.78. The molecule has 5 heteroatoms. The second-order valence-electron chi connectivity index (χ2n) is 8.13. The molecule has 25 heavy (non-hydrogen) atoms. The van der Waals surface area contributed by atoms with Gasteiger partial charge in [-0.1, -0.05) is 0 Å². The van der Waals surface area contributed by atoms with Crippen molar-refractivity contribution in [2.45, 2.75) is 72.0 Å². The maximum atomic E-state index is 14.2. The summed E-state index contributed by atoms with van der Waals surface area (Å²) in [6.07, 6.45) is 2.63. The minimum atomic E-state index is -0.499. The Morgan fingerprint density at radius 3 is 2.32 bits per heavy atom. The van der Waals surface area contributed by atoms with Gasteiger partial charge in [-0.3, -0.25) is 4.79 Å². The normalized spacial score (nSPS) is 23.9. The van der Waals surface area contributed by atoms with Crippen LogP contribution in [-0.2, 0) is 9.53 Å². The van der Waals surface area contributed by atoms with Crippen LogP contribution in [0.5, 0.6) is 11.5 Å². The summed E-state index contributed by atoms with van der Waals surface area (Å²) in [5.74, 6) is 0.156. The van der Waals surface area contributed by atoms with Gasteiger partial charge in [0.25, 0.3) is 0 Å². The quantitative estimate of drug-likeness (QED) is 0.729. The van der Waals surface area contributed by atoms with Crippen LogP contribution in [0.25, 0.3) is 0 Å². The van der Waals surface area contributed by atoms with Crippen LogP contribution in [0.4, 0.5) is 4.39 Å². The molecule has 0 radical (unpaired) electrons. The van der Waals surface area contributed by atoms with Gasteiger partial charge in [0.15, 0.2) is 11.6 Å². The average Bonchev–Trinajstić information content (AvgIpc) is 2.51. The smallest absolute Gasteiger partial charge is 0.312 e. The molecule has 0 bridgehead atoms. The van der Waals surface area contributed by atoms with Gasteiger partial charge in [-0.05, 0) is 71.9 Å².